The van der Waals surface area contributed by atoms with E-state index in [-0.39, 0.29) is 6.04 Å². The Morgan fingerprint density at radius 1 is 1.14 bits per heavy atom. The van der Waals surface area contributed by atoms with Gasteiger partial charge >= 0.3 is 0 Å². The molecule has 2 aromatic rings. The molecule has 0 heterocycles. The zero-order chi connectivity index (χ0) is 14.8. The number of fused-ring (bicyclic) bond motifs is 1. The molecule has 0 spiro atoms. The second-order valence-electron chi connectivity index (χ2n) is 5.39. The van der Waals surface area contributed by atoms with Crippen LogP contribution in [0.4, 0.5) is 8.78 Å². The summed E-state index contributed by atoms with van der Waals surface area (Å²) in [6, 6.07) is 11.9. The summed E-state index contributed by atoms with van der Waals surface area (Å²) in [6.45, 7) is 0.310. The van der Waals surface area contributed by atoms with Crippen LogP contribution in [-0.4, -0.2) is 11.7 Å². The fraction of sp³-hybridized carbons (Fsp3) is 0.294. The Kier molecular flexibility index (Phi) is 3.99. The van der Waals surface area contributed by atoms with E-state index in [1.807, 2.05) is 12.1 Å². The van der Waals surface area contributed by atoms with Gasteiger partial charge in [0.05, 0.1) is 6.10 Å². The molecule has 110 valence electrons. The monoisotopic (exact) mass is 289 g/mol. The average Bonchev–Trinajstić information content (AvgIpc) is 2.91. The van der Waals surface area contributed by atoms with E-state index in [4.69, 9.17) is 0 Å². The predicted octanol–water partition coefficient (Wildman–Crippen LogP) is 3.28. The molecule has 2 aromatic carbocycles. The number of rotatable bonds is 4. The maximum atomic E-state index is 13.2. The standard InChI is InChI=1S/C17H17F2NO/c18-14-7-5-12(9-15(14)19)17(21)10-20-16-8-6-11-3-1-2-4-13(11)16/h1-5,7,9,16-17,20-21H,6,8,10H2. The Balaban J connectivity index is 1.64. The molecule has 1 aliphatic rings. The van der Waals surface area contributed by atoms with Crippen LogP contribution in [0.2, 0.25) is 0 Å². The largest absolute Gasteiger partial charge is 0.387 e. The quantitative estimate of drug-likeness (QED) is 0.905. The molecular weight excluding hydrogens is 272 g/mol. The summed E-state index contributed by atoms with van der Waals surface area (Å²) < 4.78 is 26.1. The lowest BCUT2D eigenvalue weighted by atomic mass is 10.1. The fourth-order valence-corrected chi connectivity index (χ4v) is 2.86. The van der Waals surface area contributed by atoms with E-state index >= 15 is 0 Å². The normalized spacial score (nSPS) is 18.5. The lowest BCUT2D eigenvalue weighted by Gasteiger charge is -2.18. The SMILES string of the molecule is OC(CNC1CCc2ccccc21)c1ccc(F)c(F)c1. The van der Waals surface area contributed by atoms with Gasteiger partial charge in [-0.25, -0.2) is 8.78 Å². The van der Waals surface area contributed by atoms with Crippen LogP contribution < -0.4 is 5.32 Å². The zero-order valence-corrected chi connectivity index (χ0v) is 11.5. The molecule has 0 saturated carbocycles. The van der Waals surface area contributed by atoms with Crippen LogP contribution in [0.1, 0.15) is 35.3 Å². The highest BCUT2D eigenvalue weighted by molar-refractivity contribution is 5.34. The van der Waals surface area contributed by atoms with E-state index in [0.717, 1.165) is 25.0 Å². The van der Waals surface area contributed by atoms with Crippen LogP contribution in [0.25, 0.3) is 0 Å². The number of nitrogens with one attached hydrogen (secondary N) is 1. The summed E-state index contributed by atoms with van der Waals surface area (Å²) >= 11 is 0. The molecule has 2 N–H and O–H groups in total. The van der Waals surface area contributed by atoms with Gasteiger partial charge in [-0.05, 0) is 41.7 Å². The van der Waals surface area contributed by atoms with Crippen molar-refractivity contribution in [3.05, 3.63) is 70.8 Å². The van der Waals surface area contributed by atoms with Gasteiger partial charge in [0.1, 0.15) is 0 Å². The molecule has 0 aliphatic heterocycles. The van der Waals surface area contributed by atoms with E-state index in [2.05, 4.69) is 17.4 Å². The minimum Gasteiger partial charge on any atom is -0.387 e. The highest BCUT2D eigenvalue weighted by Crippen LogP contribution is 2.31. The van der Waals surface area contributed by atoms with Crippen molar-refractivity contribution < 1.29 is 13.9 Å². The van der Waals surface area contributed by atoms with Crippen LogP contribution in [0.3, 0.4) is 0 Å². The number of aliphatic hydroxyl groups excluding tert-OH is 1. The number of hydrogen-bond acceptors (Lipinski definition) is 2. The summed E-state index contributed by atoms with van der Waals surface area (Å²) in [5.41, 5.74) is 2.97. The number of aryl methyl sites for hydroxylation is 1. The van der Waals surface area contributed by atoms with Gasteiger partial charge in [0.15, 0.2) is 11.6 Å². The van der Waals surface area contributed by atoms with Crippen molar-refractivity contribution >= 4 is 0 Å². The topological polar surface area (TPSA) is 32.3 Å². The van der Waals surface area contributed by atoms with E-state index in [1.54, 1.807) is 0 Å². The molecular formula is C17H17F2NO. The maximum Gasteiger partial charge on any atom is 0.159 e. The van der Waals surface area contributed by atoms with Crippen LogP contribution in [0.15, 0.2) is 42.5 Å². The second-order valence-corrected chi connectivity index (χ2v) is 5.39. The molecule has 0 fully saturated rings. The van der Waals surface area contributed by atoms with Crippen molar-refractivity contribution in [2.45, 2.75) is 25.0 Å². The Hall–Kier alpha value is -1.78. The molecule has 0 bridgehead atoms. The molecule has 1 aliphatic carbocycles. The summed E-state index contributed by atoms with van der Waals surface area (Å²) in [5.74, 6) is -1.83. The smallest absolute Gasteiger partial charge is 0.159 e. The lowest BCUT2D eigenvalue weighted by Crippen LogP contribution is -2.25. The number of benzene rings is 2. The molecule has 0 aromatic heterocycles. The third kappa shape index (κ3) is 2.96. The number of aliphatic hydroxyl groups is 1. The van der Waals surface area contributed by atoms with Crippen molar-refractivity contribution in [1.82, 2.24) is 5.32 Å². The Morgan fingerprint density at radius 3 is 2.76 bits per heavy atom. The van der Waals surface area contributed by atoms with E-state index in [1.165, 1.54) is 17.2 Å². The third-order valence-electron chi connectivity index (χ3n) is 4.02. The Bertz CT molecular complexity index is 644. The summed E-state index contributed by atoms with van der Waals surface area (Å²) in [4.78, 5) is 0. The van der Waals surface area contributed by atoms with Gasteiger partial charge < -0.3 is 10.4 Å². The van der Waals surface area contributed by atoms with Crippen molar-refractivity contribution in [3.63, 3.8) is 0 Å². The molecule has 0 amide bonds. The summed E-state index contributed by atoms with van der Waals surface area (Å²) in [7, 11) is 0. The first-order chi connectivity index (χ1) is 10.1. The Labute approximate surface area is 122 Å². The summed E-state index contributed by atoms with van der Waals surface area (Å²) in [6.07, 6.45) is 1.16. The van der Waals surface area contributed by atoms with E-state index in [9.17, 15) is 13.9 Å². The van der Waals surface area contributed by atoms with Gasteiger partial charge in [-0.15, -0.1) is 0 Å². The van der Waals surface area contributed by atoms with Crippen molar-refractivity contribution in [1.29, 1.82) is 0 Å². The fourth-order valence-electron chi connectivity index (χ4n) is 2.86. The van der Waals surface area contributed by atoms with Crippen LogP contribution in [0.5, 0.6) is 0 Å². The number of halogens is 2. The molecule has 21 heavy (non-hydrogen) atoms. The number of hydrogen-bond donors (Lipinski definition) is 2. The second kappa shape index (κ2) is 5.92. The molecule has 2 nitrogen and oxygen atoms in total. The third-order valence-corrected chi connectivity index (χ3v) is 4.02. The molecule has 2 unspecified atom stereocenters. The van der Waals surface area contributed by atoms with Gasteiger partial charge in [0.2, 0.25) is 0 Å². The molecule has 2 atom stereocenters. The molecule has 3 rings (SSSR count). The van der Waals surface area contributed by atoms with Crippen molar-refractivity contribution in [3.8, 4) is 0 Å². The first-order valence-corrected chi connectivity index (χ1v) is 7.09. The Morgan fingerprint density at radius 2 is 1.95 bits per heavy atom. The predicted molar refractivity (Wildman–Crippen MR) is 76.8 cm³/mol. The summed E-state index contributed by atoms with van der Waals surface area (Å²) in [5, 5.41) is 13.4. The first kappa shape index (κ1) is 14.2. The van der Waals surface area contributed by atoms with Gasteiger partial charge in [0.25, 0.3) is 0 Å². The molecule has 0 saturated heterocycles. The highest BCUT2D eigenvalue weighted by Gasteiger charge is 2.22. The highest BCUT2D eigenvalue weighted by atomic mass is 19.2. The zero-order valence-electron chi connectivity index (χ0n) is 11.5. The van der Waals surface area contributed by atoms with Gasteiger partial charge in [-0.1, -0.05) is 30.3 Å². The minimum atomic E-state index is -0.933. The maximum absolute atomic E-state index is 13.2. The average molecular weight is 289 g/mol. The van der Waals surface area contributed by atoms with E-state index < -0.39 is 17.7 Å². The molecule has 4 heteroatoms. The van der Waals surface area contributed by atoms with Crippen LogP contribution in [0, 0.1) is 11.6 Å². The van der Waals surface area contributed by atoms with Crippen molar-refractivity contribution in [2.75, 3.05) is 6.54 Å². The lowest BCUT2D eigenvalue weighted by molar-refractivity contribution is 0.169. The first-order valence-electron chi connectivity index (χ1n) is 7.09. The molecule has 0 radical (unpaired) electrons. The van der Waals surface area contributed by atoms with Crippen LogP contribution in [-0.2, 0) is 6.42 Å². The van der Waals surface area contributed by atoms with Crippen molar-refractivity contribution in [2.24, 2.45) is 0 Å². The van der Waals surface area contributed by atoms with E-state index in [0.29, 0.717) is 12.1 Å². The van der Waals surface area contributed by atoms with Gasteiger partial charge in [0, 0.05) is 12.6 Å². The minimum absolute atomic E-state index is 0.209. The van der Waals surface area contributed by atoms with Crippen LogP contribution >= 0.6 is 0 Å². The van der Waals surface area contributed by atoms with Gasteiger partial charge in [-0.3, -0.25) is 0 Å². The van der Waals surface area contributed by atoms with Gasteiger partial charge in [-0.2, -0.15) is 0 Å².